The Hall–Kier alpha value is -5.76. The van der Waals surface area contributed by atoms with Crippen LogP contribution in [0, 0.1) is 13.8 Å². The molecular weight excluding hydrogens is 748 g/mol. The van der Waals surface area contributed by atoms with Gasteiger partial charge in [-0.15, -0.1) is 0 Å². The van der Waals surface area contributed by atoms with Gasteiger partial charge in [0.05, 0.1) is 0 Å². The van der Waals surface area contributed by atoms with E-state index in [1.54, 1.807) is 0 Å². The first-order valence-electron chi connectivity index (χ1n) is 19.0. The number of allylic oxidation sites excluding steroid dienone is 2. The Morgan fingerprint density at radius 2 is 0.764 bits per heavy atom. The predicted octanol–water partition coefficient (Wildman–Crippen LogP) is 14.1. The van der Waals surface area contributed by atoms with Crippen molar-refractivity contribution in [2.24, 2.45) is 0 Å². The van der Waals surface area contributed by atoms with Gasteiger partial charge >= 0.3 is 336 Å². The molecule has 0 bridgehead atoms. The van der Waals surface area contributed by atoms with Crippen LogP contribution in [0.25, 0.3) is 68.2 Å². The Morgan fingerprint density at radius 1 is 0.364 bits per heavy atom. The maximum atomic E-state index is 6.79. The van der Waals surface area contributed by atoms with Crippen molar-refractivity contribution in [2.45, 2.75) is 21.1 Å². The number of rotatable bonds is 8. The van der Waals surface area contributed by atoms with Crippen molar-refractivity contribution in [1.82, 2.24) is 0 Å². The summed E-state index contributed by atoms with van der Waals surface area (Å²) in [5, 5.41) is 0. The molecule has 0 spiro atoms. The van der Waals surface area contributed by atoms with Crippen molar-refractivity contribution in [3.63, 3.8) is 0 Å². The monoisotopic (exact) mass is 784 g/mol. The molecule has 0 radical (unpaired) electrons. The standard InChI is InChI=1S/2C26H19O.Zr/c2*1-18-10-12-19(13-11-18)23-9-5-8-21-16-22(17-24(21)23)26-15-14-25(27-26)20-6-3-2-4-7-20;/h2*2-17H,1H3;. The molecular formula is C52H38O2Zr. The Bertz CT molecular complexity index is 2540. The van der Waals surface area contributed by atoms with Crippen LogP contribution in [0.3, 0.4) is 0 Å². The van der Waals surface area contributed by atoms with Gasteiger partial charge in [0.15, 0.2) is 0 Å². The van der Waals surface area contributed by atoms with Crippen molar-refractivity contribution in [3.8, 4) is 44.9 Å². The molecule has 0 saturated carbocycles. The van der Waals surface area contributed by atoms with Gasteiger partial charge in [-0.2, -0.15) is 0 Å². The summed E-state index contributed by atoms with van der Waals surface area (Å²) >= 11 is -1.42. The Labute approximate surface area is 334 Å². The van der Waals surface area contributed by atoms with Gasteiger partial charge in [-0.3, -0.25) is 0 Å². The molecule has 0 saturated heterocycles. The number of hydrogen-bond donors (Lipinski definition) is 0. The van der Waals surface area contributed by atoms with Gasteiger partial charge in [0.2, 0.25) is 0 Å². The van der Waals surface area contributed by atoms with Crippen LogP contribution in [0.4, 0.5) is 0 Å². The van der Waals surface area contributed by atoms with Crippen LogP contribution in [0.5, 0.6) is 0 Å². The van der Waals surface area contributed by atoms with Crippen LogP contribution in [0.2, 0.25) is 0 Å². The molecule has 0 amide bonds. The first-order chi connectivity index (χ1) is 27.1. The summed E-state index contributed by atoms with van der Waals surface area (Å²) in [6.45, 7) is 4.30. The fourth-order valence-corrected chi connectivity index (χ4v) is 13.2. The number of benzene rings is 6. The van der Waals surface area contributed by atoms with Crippen LogP contribution in [-0.4, -0.2) is 0 Å². The summed E-state index contributed by atoms with van der Waals surface area (Å²) in [6, 6.07) is 61.2. The second-order valence-corrected chi connectivity index (χ2v) is 18.3. The van der Waals surface area contributed by atoms with E-state index < -0.39 is 23.2 Å². The topological polar surface area (TPSA) is 26.3 Å². The van der Waals surface area contributed by atoms with Gasteiger partial charge in [-0.25, -0.2) is 0 Å². The molecule has 10 rings (SSSR count). The molecule has 2 aromatic heterocycles. The molecule has 3 heteroatoms. The fraction of sp³-hybridized carbons (Fsp3) is 0.0769. The van der Waals surface area contributed by atoms with Crippen molar-refractivity contribution < 1.29 is 32.1 Å². The summed E-state index contributed by atoms with van der Waals surface area (Å²) in [6.07, 6.45) is 4.87. The van der Waals surface area contributed by atoms with E-state index in [4.69, 9.17) is 8.83 Å². The van der Waals surface area contributed by atoms with Crippen molar-refractivity contribution in [2.75, 3.05) is 0 Å². The van der Waals surface area contributed by atoms with Gasteiger partial charge in [-0.05, 0) is 0 Å². The maximum absolute atomic E-state index is 6.79. The van der Waals surface area contributed by atoms with Crippen molar-refractivity contribution >= 4 is 23.3 Å². The Balaban J connectivity index is 1.12. The molecule has 2 heterocycles. The molecule has 262 valence electrons. The minimum absolute atomic E-state index is 0.254. The molecule has 8 aromatic rings. The zero-order chi connectivity index (χ0) is 36.9. The van der Waals surface area contributed by atoms with E-state index >= 15 is 0 Å². The van der Waals surface area contributed by atoms with Crippen LogP contribution in [0.1, 0.15) is 52.2 Å². The normalized spacial score (nSPS) is 15.7. The summed E-state index contributed by atoms with van der Waals surface area (Å²) in [5.74, 6) is 3.71. The Kier molecular flexibility index (Phi) is 8.69. The van der Waals surface area contributed by atoms with Crippen molar-refractivity contribution in [1.29, 1.82) is 0 Å². The third-order valence-corrected chi connectivity index (χ3v) is 15.8. The average molecular weight is 786 g/mol. The summed E-state index contributed by atoms with van der Waals surface area (Å²) in [5.41, 5.74) is 17.8. The van der Waals surface area contributed by atoms with Crippen LogP contribution in [-0.2, 0) is 23.2 Å². The summed E-state index contributed by atoms with van der Waals surface area (Å²) in [7, 11) is 0. The summed E-state index contributed by atoms with van der Waals surface area (Å²) < 4.78 is 14.1. The molecule has 2 nitrogen and oxygen atoms in total. The van der Waals surface area contributed by atoms with E-state index in [0.29, 0.717) is 0 Å². The zero-order valence-corrected chi connectivity index (χ0v) is 33.2. The molecule has 0 N–H and O–H groups in total. The van der Waals surface area contributed by atoms with Gasteiger partial charge in [0.25, 0.3) is 0 Å². The van der Waals surface area contributed by atoms with Gasteiger partial charge in [-0.1, -0.05) is 0 Å². The van der Waals surface area contributed by atoms with E-state index in [9.17, 15) is 0 Å². The third-order valence-electron chi connectivity index (χ3n) is 11.1. The average Bonchev–Trinajstić information content (AvgIpc) is 4.05. The molecule has 0 fully saturated rings. The zero-order valence-electron chi connectivity index (χ0n) is 30.8. The second-order valence-electron chi connectivity index (χ2n) is 14.6. The molecule has 2 aliphatic carbocycles. The molecule has 0 aliphatic heterocycles. The van der Waals surface area contributed by atoms with Crippen LogP contribution >= 0.6 is 0 Å². The fourth-order valence-electron chi connectivity index (χ4n) is 8.23. The van der Waals surface area contributed by atoms with E-state index in [1.165, 1.54) is 66.8 Å². The molecule has 2 unspecified atom stereocenters. The van der Waals surface area contributed by atoms with E-state index in [1.807, 2.05) is 0 Å². The number of hydrogen-bond acceptors (Lipinski definition) is 2. The van der Waals surface area contributed by atoms with Gasteiger partial charge < -0.3 is 0 Å². The molecule has 55 heavy (non-hydrogen) atoms. The first-order valence-corrected chi connectivity index (χ1v) is 21.8. The number of furan rings is 2. The first kappa shape index (κ1) is 33.8. The second kappa shape index (κ2) is 14.1. The quantitative estimate of drug-likeness (QED) is 0.153. The number of fused-ring (bicyclic) bond motifs is 2. The molecule has 2 atom stereocenters. The molecule has 6 aromatic carbocycles. The van der Waals surface area contributed by atoms with Crippen molar-refractivity contribution in [3.05, 3.63) is 215 Å². The van der Waals surface area contributed by atoms with Gasteiger partial charge in [0, 0.05) is 0 Å². The molecule has 2 aliphatic rings. The van der Waals surface area contributed by atoms with Crippen LogP contribution in [0.15, 0.2) is 179 Å². The van der Waals surface area contributed by atoms with Crippen LogP contribution < -0.4 is 0 Å². The van der Waals surface area contributed by atoms with E-state index in [2.05, 4.69) is 196 Å². The van der Waals surface area contributed by atoms with E-state index in [0.717, 1.165) is 34.2 Å². The van der Waals surface area contributed by atoms with E-state index in [-0.39, 0.29) is 7.25 Å². The predicted molar refractivity (Wildman–Crippen MR) is 223 cm³/mol. The summed E-state index contributed by atoms with van der Waals surface area (Å²) in [4.78, 5) is 0. The van der Waals surface area contributed by atoms with Gasteiger partial charge in [0.1, 0.15) is 0 Å². The number of aryl methyl sites for hydroxylation is 2. The third kappa shape index (κ3) is 6.27. The minimum atomic E-state index is -1.42. The SMILES string of the molecule is Cc1ccc(-c2cccc3c2C=C(c2ccc(-c4ccccc4)o2)[CH]3[Zr][CH]2C(c3ccc(-c4ccccc4)o3)=Cc3c(-c4ccc(C)cc4)cccc32)cc1. The Morgan fingerprint density at radius 3 is 1.18 bits per heavy atom.